The first kappa shape index (κ1) is 13.6. The molecule has 0 spiro atoms. The van der Waals surface area contributed by atoms with Crippen LogP contribution in [0.1, 0.15) is 29.6 Å². The smallest absolute Gasteiger partial charge is 0.338 e. The molecule has 0 heterocycles. The summed E-state index contributed by atoms with van der Waals surface area (Å²) in [5.41, 5.74) is 0.213. The van der Waals surface area contributed by atoms with Crippen molar-refractivity contribution in [1.82, 2.24) is 0 Å². The van der Waals surface area contributed by atoms with Crippen molar-refractivity contribution in [3.05, 3.63) is 41.7 Å². The van der Waals surface area contributed by atoms with Crippen molar-refractivity contribution >= 4 is 5.97 Å². The lowest BCUT2D eigenvalue weighted by atomic mass is 9.95. The number of carbonyl (C=O) groups excluding carboxylic acids is 1. The van der Waals surface area contributed by atoms with Gasteiger partial charge in [-0.05, 0) is 43.4 Å². The number of halogens is 1. The molecule has 0 saturated heterocycles. The van der Waals surface area contributed by atoms with Crippen LogP contribution in [0.15, 0.2) is 30.4 Å². The second-order valence-corrected chi connectivity index (χ2v) is 4.60. The number of hydrogen-bond acceptors (Lipinski definition) is 3. The predicted octanol–water partition coefficient (Wildman–Crippen LogP) is 3.35. The Kier molecular flexibility index (Phi) is 4.55. The number of rotatable bonds is 4. The number of carbonyl (C=O) groups is 1. The van der Waals surface area contributed by atoms with Gasteiger partial charge in [-0.25, -0.2) is 9.18 Å². The van der Waals surface area contributed by atoms with Gasteiger partial charge in [0.25, 0.3) is 0 Å². The molecule has 1 aliphatic rings. The lowest BCUT2D eigenvalue weighted by Gasteiger charge is -2.17. The molecule has 1 unspecified atom stereocenters. The second-order valence-electron chi connectivity index (χ2n) is 4.60. The summed E-state index contributed by atoms with van der Waals surface area (Å²) in [7, 11) is 1.38. The van der Waals surface area contributed by atoms with Crippen LogP contribution in [0.5, 0.6) is 5.75 Å². The minimum absolute atomic E-state index is 0.119. The molecule has 0 N–H and O–H groups in total. The molecule has 0 amide bonds. The molecular formula is C15H17FO3. The van der Waals surface area contributed by atoms with Crippen LogP contribution in [-0.4, -0.2) is 19.7 Å². The Bertz CT molecular complexity index is 482. The highest BCUT2D eigenvalue weighted by atomic mass is 19.1. The third-order valence-corrected chi connectivity index (χ3v) is 3.22. The van der Waals surface area contributed by atoms with Gasteiger partial charge in [0.05, 0.1) is 19.3 Å². The minimum atomic E-state index is -0.558. The minimum Gasteiger partial charge on any atom is -0.494 e. The maximum absolute atomic E-state index is 13.5. The van der Waals surface area contributed by atoms with Gasteiger partial charge in [0, 0.05) is 0 Å². The molecule has 1 aromatic rings. The highest BCUT2D eigenvalue weighted by molar-refractivity contribution is 5.89. The van der Waals surface area contributed by atoms with Crippen molar-refractivity contribution in [1.29, 1.82) is 0 Å². The molecule has 0 aliphatic heterocycles. The van der Waals surface area contributed by atoms with Crippen LogP contribution in [0.2, 0.25) is 0 Å². The molecule has 1 aliphatic carbocycles. The monoisotopic (exact) mass is 264 g/mol. The number of methoxy groups -OCH3 is 1. The first-order valence-corrected chi connectivity index (χ1v) is 6.36. The van der Waals surface area contributed by atoms with Crippen LogP contribution in [0.3, 0.4) is 0 Å². The summed E-state index contributed by atoms with van der Waals surface area (Å²) in [5.74, 6) is -0.556. The lowest BCUT2D eigenvalue weighted by Crippen LogP contribution is -2.15. The lowest BCUT2D eigenvalue weighted by molar-refractivity contribution is 0.0431. The Morgan fingerprint density at radius 1 is 1.42 bits per heavy atom. The van der Waals surface area contributed by atoms with Gasteiger partial charge in [-0.15, -0.1) is 0 Å². The van der Waals surface area contributed by atoms with E-state index in [1.54, 1.807) is 0 Å². The van der Waals surface area contributed by atoms with Gasteiger partial charge in [-0.1, -0.05) is 12.2 Å². The van der Waals surface area contributed by atoms with E-state index in [2.05, 4.69) is 12.2 Å². The van der Waals surface area contributed by atoms with E-state index in [0.29, 0.717) is 12.5 Å². The van der Waals surface area contributed by atoms with Gasteiger partial charge in [-0.2, -0.15) is 0 Å². The Morgan fingerprint density at radius 3 is 2.89 bits per heavy atom. The maximum atomic E-state index is 13.5. The fourth-order valence-corrected chi connectivity index (χ4v) is 2.08. The zero-order chi connectivity index (χ0) is 13.7. The van der Waals surface area contributed by atoms with E-state index in [1.807, 2.05) is 0 Å². The molecule has 0 fully saturated rings. The Balaban J connectivity index is 1.92. The van der Waals surface area contributed by atoms with E-state index in [9.17, 15) is 9.18 Å². The number of allylic oxidation sites excluding steroid dienone is 2. The normalized spacial score (nSPS) is 18.1. The molecule has 3 nitrogen and oxygen atoms in total. The third kappa shape index (κ3) is 3.56. The highest BCUT2D eigenvalue weighted by Crippen LogP contribution is 2.20. The summed E-state index contributed by atoms with van der Waals surface area (Å²) in [5, 5.41) is 0. The average molecular weight is 264 g/mol. The number of ether oxygens (including phenoxy) is 2. The third-order valence-electron chi connectivity index (χ3n) is 3.22. The SMILES string of the molecule is COc1ccc(C(=O)OCC2CC=CCC2)cc1F. The molecule has 4 heteroatoms. The molecule has 102 valence electrons. The largest absolute Gasteiger partial charge is 0.494 e. The summed E-state index contributed by atoms with van der Waals surface area (Å²) < 4.78 is 23.5. The molecule has 1 aromatic carbocycles. The van der Waals surface area contributed by atoms with Crippen molar-refractivity contribution in [2.45, 2.75) is 19.3 Å². The summed E-state index contributed by atoms with van der Waals surface area (Å²) in [6, 6.07) is 4.07. The van der Waals surface area contributed by atoms with E-state index in [-0.39, 0.29) is 11.3 Å². The topological polar surface area (TPSA) is 35.5 Å². The van der Waals surface area contributed by atoms with E-state index in [0.717, 1.165) is 25.3 Å². The van der Waals surface area contributed by atoms with E-state index < -0.39 is 11.8 Å². The van der Waals surface area contributed by atoms with Crippen LogP contribution in [0.25, 0.3) is 0 Å². The second kappa shape index (κ2) is 6.36. The molecule has 19 heavy (non-hydrogen) atoms. The van der Waals surface area contributed by atoms with Gasteiger partial charge >= 0.3 is 5.97 Å². The van der Waals surface area contributed by atoms with Crippen molar-refractivity contribution in [3.63, 3.8) is 0 Å². The molecule has 0 bridgehead atoms. The molecule has 2 rings (SSSR count). The van der Waals surface area contributed by atoms with Crippen LogP contribution < -0.4 is 4.74 Å². The fraction of sp³-hybridized carbons (Fsp3) is 0.400. The Labute approximate surface area is 112 Å². The van der Waals surface area contributed by atoms with Gasteiger partial charge in [0.2, 0.25) is 0 Å². The number of benzene rings is 1. The zero-order valence-corrected chi connectivity index (χ0v) is 10.9. The summed E-state index contributed by atoms with van der Waals surface area (Å²) in [6.07, 6.45) is 7.23. The van der Waals surface area contributed by atoms with Crippen molar-refractivity contribution in [2.24, 2.45) is 5.92 Å². The van der Waals surface area contributed by atoms with Crippen LogP contribution in [-0.2, 0) is 4.74 Å². The van der Waals surface area contributed by atoms with E-state index >= 15 is 0 Å². The maximum Gasteiger partial charge on any atom is 0.338 e. The summed E-state index contributed by atoms with van der Waals surface area (Å²) >= 11 is 0. The zero-order valence-electron chi connectivity index (χ0n) is 10.9. The van der Waals surface area contributed by atoms with Gasteiger partial charge < -0.3 is 9.47 Å². The number of hydrogen-bond donors (Lipinski definition) is 0. The quantitative estimate of drug-likeness (QED) is 0.618. The van der Waals surface area contributed by atoms with E-state index in [1.165, 1.54) is 19.2 Å². The predicted molar refractivity (Wildman–Crippen MR) is 69.7 cm³/mol. The van der Waals surface area contributed by atoms with Gasteiger partial charge in [0.1, 0.15) is 0 Å². The number of esters is 1. The summed E-state index contributed by atoms with van der Waals surface area (Å²) in [6.45, 7) is 0.386. The summed E-state index contributed by atoms with van der Waals surface area (Å²) in [4.78, 5) is 11.8. The molecular weight excluding hydrogens is 247 g/mol. The van der Waals surface area contributed by atoms with Crippen LogP contribution >= 0.6 is 0 Å². The molecule has 0 radical (unpaired) electrons. The molecule has 1 atom stereocenters. The fourth-order valence-electron chi connectivity index (χ4n) is 2.08. The van der Waals surface area contributed by atoms with Crippen molar-refractivity contribution in [3.8, 4) is 5.75 Å². The Morgan fingerprint density at radius 2 is 2.26 bits per heavy atom. The molecule has 0 aromatic heterocycles. The molecule has 0 saturated carbocycles. The van der Waals surface area contributed by atoms with Crippen molar-refractivity contribution < 1.29 is 18.7 Å². The first-order chi connectivity index (χ1) is 9.20. The Hall–Kier alpha value is -1.84. The highest BCUT2D eigenvalue weighted by Gasteiger charge is 2.15. The van der Waals surface area contributed by atoms with Gasteiger partial charge in [0.15, 0.2) is 11.6 Å². The van der Waals surface area contributed by atoms with Gasteiger partial charge in [-0.3, -0.25) is 0 Å². The van der Waals surface area contributed by atoms with Crippen LogP contribution in [0.4, 0.5) is 4.39 Å². The van der Waals surface area contributed by atoms with E-state index in [4.69, 9.17) is 9.47 Å². The average Bonchev–Trinajstić information content (AvgIpc) is 2.45. The standard InChI is InChI=1S/C15H17FO3/c1-18-14-8-7-12(9-13(14)16)15(17)19-10-11-5-3-2-4-6-11/h2-3,7-9,11H,4-6,10H2,1H3. The first-order valence-electron chi connectivity index (χ1n) is 6.36. The van der Waals surface area contributed by atoms with Crippen LogP contribution in [0, 0.1) is 11.7 Å². The van der Waals surface area contributed by atoms with Crippen molar-refractivity contribution in [2.75, 3.05) is 13.7 Å².